The van der Waals surface area contributed by atoms with Crippen LogP contribution in [0.3, 0.4) is 0 Å². The molecule has 0 atom stereocenters. The lowest BCUT2D eigenvalue weighted by Crippen LogP contribution is -2.29. The first-order valence-electron chi connectivity index (χ1n) is 8.00. The van der Waals surface area contributed by atoms with Gasteiger partial charge in [0.2, 0.25) is 0 Å². The highest BCUT2D eigenvalue weighted by atomic mass is 16.5. The van der Waals surface area contributed by atoms with Gasteiger partial charge in [0.25, 0.3) is 11.8 Å². The highest BCUT2D eigenvalue weighted by Crippen LogP contribution is 2.21. The first kappa shape index (κ1) is 18.1. The fraction of sp³-hybridized carbons (Fsp3) is 0.100. The molecule has 0 saturated heterocycles. The first-order chi connectivity index (χ1) is 13.0. The van der Waals surface area contributed by atoms with Crippen LogP contribution in [0.2, 0.25) is 0 Å². The molecule has 3 rings (SSSR count). The molecule has 7 nitrogen and oxygen atoms in total. The summed E-state index contributed by atoms with van der Waals surface area (Å²) in [5, 5.41) is 0. The summed E-state index contributed by atoms with van der Waals surface area (Å²) in [6.07, 6.45) is 2.34. The maximum absolute atomic E-state index is 12.3. The van der Waals surface area contributed by atoms with Crippen LogP contribution in [0.1, 0.15) is 26.3 Å². The predicted molar refractivity (Wildman–Crippen MR) is 95.0 cm³/mol. The lowest BCUT2D eigenvalue weighted by molar-refractivity contribution is -0.120. The first-order valence-corrected chi connectivity index (χ1v) is 8.00. The smallest absolute Gasteiger partial charge is 0.338 e. The summed E-state index contributed by atoms with van der Waals surface area (Å²) in [5.41, 5.74) is 1.60. The van der Waals surface area contributed by atoms with Crippen molar-refractivity contribution < 1.29 is 28.7 Å². The molecule has 7 heteroatoms. The van der Waals surface area contributed by atoms with E-state index in [4.69, 9.17) is 4.74 Å². The van der Waals surface area contributed by atoms with E-state index in [0.29, 0.717) is 16.8 Å². The number of imide groups is 1. The van der Waals surface area contributed by atoms with Crippen LogP contribution in [0.25, 0.3) is 0 Å². The molecule has 2 aromatic carbocycles. The van der Waals surface area contributed by atoms with Crippen LogP contribution in [0, 0.1) is 0 Å². The Labute approximate surface area is 154 Å². The number of hydrogen-bond acceptors (Lipinski definition) is 6. The van der Waals surface area contributed by atoms with Crippen LogP contribution in [-0.2, 0) is 25.7 Å². The quantitative estimate of drug-likeness (QED) is 0.596. The fourth-order valence-electron chi connectivity index (χ4n) is 2.51. The van der Waals surface area contributed by atoms with Crippen LogP contribution in [-0.4, -0.2) is 30.9 Å². The molecule has 1 heterocycles. The molecule has 0 N–H and O–H groups in total. The molecule has 0 radical (unpaired) electrons. The van der Waals surface area contributed by atoms with Gasteiger partial charge in [-0.1, -0.05) is 18.2 Å². The zero-order chi connectivity index (χ0) is 19.4. The van der Waals surface area contributed by atoms with Gasteiger partial charge < -0.3 is 9.47 Å². The minimum Gasteiger partial charge on any atom is -0.465 e. The Morgan fingerprint density at radius 2 is 1.56 bits per heavy atom. The minimum atomic E-state index is -0.596. The van der Waals surface area contributed by atoms with Crippen molar-refractivity contribution in [1.29, 1.82) is 0 Å². The maximum Gasteiger partial charge on any atom is 0.338 e. The number of methoxy groups -OCH3 is 1. The molecule has 0 aliphatic carbocycles. The molecule has 0 unspecified atom stereocenters. The molecule has 0 fully saturated rings. The molecule has 27 heavy (non-hydrogen) atoms. The zero-order valence-electron chi connectivity index (χ0n) is 14.4. The Bertz CT molecular complexity index is 927. The summed E-state index contributed by atoms with van der Waals surface area (Å²) in [4.78, 5) is 48.1. The molecule has 0 spiro atoms. The van der Waals surface area contributed by atoms with Gasteiger partial charge in [0.15, 0.2) is 0 Å². The fourth-order valence-corrected chi connectivity index (χ4v) is 2.51. The van der Waals surface area contributed by atoms with Gasteiger partial charge in [-0.3, -0.25) is 9.59 Å². The van der Waals surface area contributed by atoms with Crippen LogP contribution in [0.15, 0.2) is 60.7 Å². The Hall–Kier alpha value is -3.74. The number of rotatable bonds is 5. The van der Waals surface area contributed by atoms with Gasteiger partial charge in [0, 0.05) is 12.2 Å². The molecule has 2 amide bonds. The van der Waals surface area contributed by atoms with E-state index in [2.05, 4.69) is 4.74 Å². The summed E-state index contributed by atoms with van der Waals surface area (Å²) in [6, 6.07) is 12.5. The minimum absolute atomic E-state index is 0.00758. The number of nitrogens with zero attached hydrogens (tertiary/aromatic N) is 1. The lowest BCUT2D eigenvalue weighted by atomic mass is 10.1. The van der Waals surface area contributed by atoms with Gasteiger partial charge in [-0.15, -0.1) is 0 Å². The zero-order valence-corrected chi connectivity index (χ0v) is 14.4. The number of anilines is 1. The van der Waals surface area contributed by atoms with Gasteiger partial charge >= 0.3 is 11.9 Å². The molecule has 0 bridgehead atoms. The van der Waals surface area contributed by atoms with Crippen molar-refractivity contribution in [3.63, 3.8) is 0 Å². The number of benzene rings is 2. The number of ether oxygens (including phenoxy) is 2. The number of carbonyl (C=O) groups excluding carboxylic acids is 4. The lowest BCUT2D eigenvalue weighted by Gasteiger charge is -2.14. The number of carbonyl (C=O) groups is 4. The average Bonchev–Trinajstić information content (AvgIpc) is 3.04. The second-order valence-corrected chi connectivity index (χ2v) is 5.66. The Kier molecular flexibility index (Phi) is 5.12. The summed E-state index contributed by atoms with van der Waals surface area (Å²) in [6.45, 7) is 0.00758. The van der Waals surface area contributed by atoms with Crippen molar-refractivity contribution >= 4 is 29.4 Å². The van der Waals surface area contributed by atoms with Crippen molar-refractivity contribution in [2.24, 2.45) is 0 Å². The normalized spacial score (nSPS) is 13.0. The van der Waals surface area contributed by atoms with Gasteiger partial charge in [0.1, 0.15) is 6.61 Å². The van der Waals surface area contributed by atoms with E-state index in [0.717, 1.165) is 4.90 Å². The predicted octanol–water partition coefficient (Wildman–Crippen LogP) is 2.26. The van der Waals surface area contributed by atoms with Crippen molar-refractivity contribution in [2.75, 3.05) is 12.0 Å². The monoisotopic (exact) mass is 365 g/mol. The topological polar surface area (TPSA) is 90.0 Å². The maximum atomic E-state index is 12.3. The van der Waals surface area contributed by atoms with Crippen LogP contribution in [0.5, 0.6) is 0 Å². The second-order valence-electron chi connectivity index (χ2n) is 5.66. The highest BCUT2D eigenvalue weighted by Gasteiger charge is 2.25. The van der Waals surface area contributed by atoms with Crippen LogP contribution < -0.4 is 4.90 Å². The van der Waals surface area contributed by atoms with Crippen molar-refractivity contribution in [2.45, 2.75) is 6.61 Å². The standard InChI is InChI=1S/C20H15NO6/c1-26-19(24)14-7-5-13(6-8-14)12-27-20(25)15-3-2-4-16(11-15)21-17(22)9-10-18(21)23/h2-11H,12H2,1H3. The van der Waals surface area contributed by atoms with E-state index < -0.39 is 23.8 Å². The van der Waals surface area contributed by atoms with Crippen LogP contribution >= 0.6 is 0 Å². The molecule has 1 aliphatic heterocycles. The van der Waals surface area contributed by atoms with E-state index in [1.807, 2.05) is 0 Å². The second kappa shape index (κ2) is 7.65. The summed E-state index contributed by atoms with van der Waals surface area (Å²) in [7, 11) is 1.30. The Morgan fingerprint density at radius 3 is 2.19 bits per heavy atom. The molecule has 1 aliphatic rings. The van der Waals surface area contributed by atoms with Gasteiger partial charge in [-0.25, -0.2) is 14.5 Å². The van der Waals surface area contributed by atoms with Crippen LogP contribution in [0.4, 0.5) is 5.69 Å². The number of hydrogen-bond donors (Lipinski definition) is 0. The highest BCUT2D eigenvalue weighted by molar-refractivity contribution is 6.28. The van der Waals surface area contributed by atoms with Crippen molar-refractivity contribution in [3.8, 4) is 0 Å². The Balaban J connectivity index is 1.66. The summed E-state index contributed by atoms with van der Waals surface area (Å²) < 4.78 is 9.87. The molecule has 2 aromatic rings. The SMILES string of the molecule is COC(=O)c1ccc(COC(=O)c2cccc(N3C(=O)C=CC3=O)c2)cc1. The van der Waals surface area contributed by atoms with Crippen molar-refractivity contribution in [1.82, 2.24) is 0 Å². The molecular formula is C20H15NO6. The third kappa shape index (κ3) is 3.92. The molecule has 0 aromatic heterocycles. The van der Waals surface area contributed by atoms with Gasteiger partial charge in [0.05, 0.1) is 23.9 Å². The third-order valence-electron chi connectivity index (χ3n) is 3.89. The summed E-state index contributed by atoms with van der Waals surface area (Å²) >= 11 is 0. The van der Waals surface area contributed by atoms with E-state index in [1.54, 1.807) is 36.4 Å². The largest absolute Gasteiger partial charge is 0.465 e. The number of esters is 2. The van der Waals surface area contributed by atoms with E-state index in [9.17, 15) is 19.2 Å². The van der Waals surface area contributed by atoms with Gasteiger partial charge in [-0.2, -0.15) is 0 Å². The van der Waals surface area contributed by atoms with E-state index in [1.165, 1.54) is 31.4 Å². The van der Waals surface area contributed by atoms with Crippen molar-refractivity contribution in [3.05, 3.63) is 77.4 Å². The van der Waals surface area contributed by atoms with Gasteiger partial charge in [-0.05, 0) is 35.9 Å². The third-order valence-corrected chi connectivity index (χ3v) is 3.89. The summed E-state index contributed by atoms with van der Waals surface area (Å²) in [5.74, 6) is -1.97. The Morgan fingerprint density at radius 1 is 0.889 bits per heavy atom. The number of amides is 2. The molecular weight excluding hydrogens is 350 g/mol. The van der Waals surface area contributed by atoms with E-state index in [-0.39, 0.29) is 12.2 Å². The molecule has 136 valence electrons. The average molecular weight is 365 g/mol. The molecule has 0 saturated carbocycles. The van der Waals surface area contributed by atoms with E-state index >= 15 is 0 Å².